The quantitative estimate of drug-likeness (QED) is 0.588. The van der Waals surface area contributed by atoms with E-state index < -0.39 is 6.04 Å². The maximum atomic E-state index is 13.1. The second-order valence-electron chi connectivity index (χ2n) is 7.20. The molecule has 156 valence electrons. The van der Waals surface area contributed by atoms with Crippen molar-refractivity contribution in [3.05, 3.63) is 71.3 Å². The summed E-state index contributed by atoms with van der Waals surface area (Å²) >= 11 is 1.60. The zero-order valence-electron chi connectivity index (χ0n) is 17.7. The summed E-state index contributed by atoms with van der Waals surface area (Å²) in [4.78, 5) is 27.5. The maximum Gasteiger partial charge on any atom is 0.242 e. The first kappa shape index (κ1) is 23.0. The van der Waals surface area contributed by atoms with Crippen molar-refractivity contribution in [3.8, 4) is 0 Å². The summed E-state index contributed by atoms with van der Waals surface area (Å²) in [5, 5.41) is 2.95. The molecule has 0 radical (unpaired) electrons. The molecule has 0 fully saturated rings. The highest BCUT2D eigenvalue weighted by molar-refractivity contribution is 7.99. The van der Waals surface area contributed by atoms with E-state index in [9.17, 15) is 9.59 Å². The summed E-state index contributed by atoms with van der Waals surface area (Å²) in [6.07, 6.45) is 1.47. The monoisotopic (exact) mass is 412 g/mol. The fourth-order valence-electron chi connectivity index (χ4n) is 3.21. The lowest BCUT2D eigenvalue weighted by atomic mass is 10.1. The molecule has 0 aliphatic heterocycles. The zero-order chi connectivity index (χ0) is 21.1. The molecule has 0 heterocycles. The summed E-state index contributed by atoms with van der Waals surface area (Å²) in [6.45, 7) is 7.13. The molecule has 0 saturated heterocycles. The molecule has 1 atom stereocenters. The Morgan fingerprint density at radius 3 is 2.41 bits per heavy atom. The van der Waals surface area contributed by atoms with Crippen LogP contribution in [0.4, 0.5) is 0 Å². The van der Waals surface area contributed by atoms with Gasteiger partial charge in [-0.15, -0.1) is 11.8 Å². The van der Waals surface area contributed by atoms with Crippen LogP contribution in [-0.2, 0) is 21.9 Å². The van der Waals surface area contributed by atoms with Gasteiger partial charge in [-0.3, -0.25) is 9.59 Å². The van der Waals surface area contributed by atoms with Crippen LogP contribution in [0.25, 0.3) is 0 Å². The van der Waals surface area contributed by atoms with Crippen LogP contribution in [-0.4, -0.2) is 35.1 Å². The third-order valence-electron chi connectivity index (χ3n) is 4.71. The molecule has 0 bridgehead atoms. The molecule has 0 aliphatic carbocycles. The SMILES string of the molecule is CCCNC(=O)[C@@H](CC)N(Cc1ccccc1)C(=O)CSCc1cccc(C)c1. The van der Waals surface area contributed by atoms with Crippen LogP contribution in [0.5, 0.6) is 0 Å². The highest BCUT2D eigenvalue weighted by Crippen LogP contribution is 2.18. The largest absolute Gasteiger partial charge is 0.354 e. The molecule has 5 heteroatoms. The van der Waals surface area contributed by atoms with Crippen molar-refractivity contribution in [3.63, 3.8) is 0 Å². The van der Waals surface area contributed by atoms with Gasteiger partial charge in [0, 0.05) is 18.8 Å². The van der Waals surface area contributed by atoms with Crippen molar-refractivity contribution < 1.29 is 9.59 Å². The van der Waals surface area contributed by atoms with E-state index in [2.05, 4.69) is 30.4 Å². The van der Waals surface area contributed by atoms with Crippen molar-refractivity contribution >= 4 is 23.6 Å². The molecule has 0 unspecified atom stereocenters. The summed E-state index contributed by atoms with van der Waals surface area (Å²) < 4.78 is 0. The lowest BCUT2D eigenvalue weighted by molar-refractivity contribution is -0.139. The van der Waals surface area contributed by atoms with E-state index in [1.165, 1.54) is 11.1 Å². The number of thioether (sulfide) groups is 1. The van der Waals surface area contributed by atoms with E-state index in [0.717, 1.165) is 17.7 Å². The molecule has 2 rings (SSSR count). The first-order chi connectivity index (χ1) is 14.0. The molecule has 0 spiro atoms. The van der Waals surface area contributed by atoms with E-state index in [4.69, 9.17) is 0 Å². The van der Waals surface area contributed by atoms with Gasteiger partial charge in [-0.1, -0.05) is 74.0 Å². The number of carbonyl (C=O) groups is 2. The predicted octanol–water partition coefficient (Wildman–Crippen LogP) is 4.56. The fraction of sp³-hybridized carbons (Fsp3) is 0.417. The number of aryl methyl sites for hydroxylation is 1. The first-order valence-corrected chi connectivity index (χ1v) is 11.4. The number of rotatable bonds is 11. The Labute approximate surface area is 179 Å². The topological polar surface area (TPSA) is 49.4 Å². The predicted molar refractivity (Wildman–Crippen MR) is 122 cm³/mol. The molecule has 2 amide bonds. The zero-order valence-corrected chi connectivity index (χ0v) is 18.5. The maximum absolute atomic E-state index is 13.1. The van der Waals surface area contributed by atoms with Crippen LogP contribution in [0.3, 0.4) is 0 Å². The summed E-state index contributed by atoms with van der Waals surface area (Å²) in [5.41, 5.74) is 3.47. The van der Waals surface area contributed by atoms with E-state index in [0.29, 0.717) is 25.3 Å². The highest BCUT2D eigenvalue weighted by atomic mass is 32.2. The van der Waals surface area contributed by atoms with Crippen molar-refractivity contribution in [2.75, 3.05) is 12.3 Å². The van der Waals surface area contributed by atoms with Crippen LogP contribution in [0.1, 0.15) is 43.4 Å². The number of carbonyl (C=O) groups excluding carboxylic acids is 2. The highest BCUT2D eigenvalue weighted by Gasteiger charge is 2.28. The Morgan fingerprint density at radius 2 is 1.76 bits per heavy atom. The number of hydrogen-bond acceptors (Lipinski definition) is 3. The Balaban J connectivity index is 2.07. The van der Waals surface area contributed by atoms with Gasteiger partial charge in [0.25, 0.3) is 0 Å². The second-order valence-corrected chi connectivity index (χ2v) is 8.19. The minimum absolute atomic E-state index is 0.00463. The van der Waals surface area contributed by atoms with Crippen molar-refractivity contribution in [1.29, 1.82) is 0 Å². The van der Waals surface area contributed by atoms with Crippen molar-refractivity contribution in [2.24, 2.45) is 0 Å². The van der Waals surface area contributed by atoms with Crippen molar-refractivity contribution in [1.82, 2.24) is 10.2 Å². The van der Waals surface area contributed by atoms with E-state index in [1.54, 1.807) is 16.7 Å². The minimum atomic E-state index is -0.450. The van der Waals surface area contributed by atoms with Gasteiger partial charge in [0.05, 0.1) is 5.75 Å². The standard InChI is InChI=1S/C24H32N2O2S/c1-4-14-25-24(28)22(5-2)26(16-20-11-7-6-8-12-20)23(27)18-29-17-21-13-9-10-19(3)15-21/h6-13,15,22H,4-5,14,16-18H2,1-3H3,(H,25,28)/t22-/m1/s1. The van der Waals surface area contributed by atoms with E-state index >= 15 is 0 Å². The average Bonchev–Trinajstić information content (AvgIpc) is 2.72. The van der Waals surface area contributed by atoms with Crippen molar-refractivity contribution in [2.45, 2.75) is 52.0 Å². The van der Waals surface area contributed by atoms with Crippen LogP contribution in [0.15, 0.2) is 54.6 Å². The third kappa shape index (κ3) is 7.58. The Hall–Kier alpha value is -2.27. The van der Waals surface area contributed by atoms with Gasteiger partial charge in [-0.2, -0.15) is 0 Å². The second kappa shape index (κ2) is 12.3. The lowest BCUT2D eigenvalue weighted by Crippen LogP contribution is -2.49. The number of nitrogens with one attached hydrogen (secondary N) is 1. The molecule has 2 aromatic carbocycles. The van der Waals surface area contributed by atoms with Crippen LogP contribution in [0, 0.1) is 6.92 Å². The summed E-state index contributed by atoms with van der Waals surface area (Å²) in [7, 11) is 0. The molecule has 0 aromatic heterocycles. The number of hydrogen-bond donors (Lipinski definition) is 1. The smallest absolute Gasteiger partial charge is 0.242 e. The summed E-state index contributed by atoms with van der Waals surface area (Å²) in [5.74, 6) is 1.08. The molecule has 2 aromatic rings. The molecular weight excluding hydrogens is 380 g/mol. The summed E-state index contributed by atoms with van der Waals surface area (Å²) in [6, 6.07) is 17.8. The van der Waals surface area contributed by atoms with Gasteiger partial charge >= 0.3 is 0 Å². The Kier molecular flexibility index (Phi) is 9.78. The Bertz CT molecular complexity index is 779. The van der Waals surface area contributed by atoms with Gasteiger partial charge in [0.15, 0.2) is 0 Å². The Morgan fingerprint density at radius 1 is 1.03 bits per heavy atom. The molecular formula is C24H32N2O2S. The molecule has 4 nitrogen and oxygen atoms in total. The average molecular weight is 413 g/mol. The van der Waals surface area contributed by atoms with Gasteiger partial charge in [0.2, 0.25) is 11.8 Å². The number of benzene rings is 2. The van der Waals surface area contributed by atoms with Gasteiger partial charge < -0.3 is 10.2 Å². The van der Waals surface area contributed by atoms with Gasteiger partial charge in [-0.25, -0.2) is 0 Å². The number of nitrogens with zero attached hydrogens (tertiary/aromatic N) is 1. The fourth-order valence-corrected chi connectivity index (χ4v) is 4.06. The molecule has 1 N–H and O–H groups in total. The number of amides is 2. The van der Waals surface area contributed by atoms with E-state index in [-0.39, 0.29) is 11.8 Å². The van der Waals surface area contributed by atoms with Crippen LogP contribution < -0.4 is 5.32 Å². The molecule has 0 aliphatic rings. The molecule has 29 heavy (non-hydrogen) atoms. The lowest BCUT2D eigenvalue weighted by Gasteiger charge is -2.30. The van der Waals surface area contributed by atoms with Crippen LogP contribution >= 0.6 is 11.8 Å². The van der Waals surface area contributed by atoms with E-state index in [1.807, 2.05) is 50.2 Å². The normalized spacial score (nSPS) is 11.7. The first-order valence-electron chi connectivity index (χ1n) is 10.3. The van der Waals surface area contributed by atoms with Gasteiger partial charge in [0.1, 0.15) is 6.04 Å². The third-order valence-corrected chi connectivity index (χ3v) is 5.70. The van der Waals surface area contributed by atoms with Crippen LogP contribution in [0.2, 0.25) is 0 Å². The minimum Gasteiger partial charge on any atom is -0.354 e. The van der Waals surface area contributed by atoms with Gasteiger partial charge in [-0.05, 0) is 30.9 Å². The molecule has 0 saturated carbocycles.